The minimum Gasteiger partial charge on any atom is -0.381 e. The molecule has 98 valence electrons. The van der Waals surface area contributed by atoms with E-state index >= 15 is 0 Å². The quantitative estimate of drug-likeness (QED) is 0.681. The largest absolute Gasteiger partial charge is 0.381 e. The summed E-state index contributed by atoms with van der Waals surface area (Å²) in [6, 6.07) is 4.30. The predicted octanol–water partition coefficient (Wildman–Crippen LogP) is 2.80. The summed E-state index contributed by atoms with van der Waals surface area (Å²) in [5.41, 5.74) is 2.34. The molecule has 0 radical (unpaired) electrons. The molecule has 3 rings (SSSR count). The molecule has 0 spiro atoms. The Kier molecular flexibility index (Phi) is 3.73. The van der Waals surface area contributed by atoms with Gasteiger partial charge in [-0.25, -0.2) is 0 Å². The fourth-order valence-electron chi connectivity index (χ4n) is 2.78. The fourth-order valence-corrected chi connectivity index (χ4v) is 3.35. The van der Waals surface area contributed by atoms with Gasteiger partial charge in [0, 0.05) is 24.9 Å². The highest BCUT2D eigenvalue weighted by Gasteiger charge is 2.37. The van der Waals surface area contributed by atoms with E-state index in [2.05, 4.69) is 40.6 Å². The third-order valence-electron chi connectivity index (χ3n) is 3.95. The van der Waals surface area contributed by atoms with Gasteiger partial charge in [0.15, 0.2) is 0 Å². The first-order chi connectivity index (χ1) is 8.78. The van der Waals surface area contributed by atoms with Crippen LogP contribution in [0.4, 0.5) is 5.69 Å². The second-order valence-electron chi connectivity index (χ2n) is 5.15. The zero-order valence-electron chi connectivity index (χ0n) is 10.5. The van der Waals surface area contributed by atoms with Gasteiger partial charge in [-0.1, -0.05) is 10.8 Å². The van der Waals surface area contributed by atoms with Gasteiger partial charge in [0.1, 0.15) is 0 Å². The lowest BCUT2D eigenvalue weighted by atomic mass is 10.0. The van der Waals surface area contributed by atoms with Crippen molar-refractivity contribution >= 4 is 28.1 Å². The van der Waals surface area contributed by atoms with Crippen molar-refractivity contribution in [1.82, 2.24) is 4.98 Å². The number of aromatic nitrogens is 1. The number of nitrogens with zero attached hydrogens (tertiary/aromatic N) is 2. The van der Waals surface area contributed by atoms with Gasteiger partial charge in [0.25, 0.3) is 0 Å². The predicted molar refractivity (Wildman–Crippen MR) is 79.2 cm³/mol. The second-order valence-corrected chi connectivity index (χ2v) is 6.70. The van der Waals surface area contributed by atoms with Crippen molar-refractivity contribution in [3.63, 3.8) is 0 Å². The third kappa shape index (κ3) is 2.36. The Balaban J connectivity index is 1.70. The van der Waals surface area contributed by atoms with Gasteiger partial charge in [-0.2, -0.15) is 0 Å². The third-order valence-corrected chi connectivity index (χ3v) is 5.46. The van der Waals surface area contributed by atoms with Crippen molar-refractivity contribution < 1.29 is 4.74 Å². The molecule has 0 amide bonds. The average Bonchev–Trinajstić information content (AvgIpc) is 2.99. The summed E-state index contributed by atoms with van der Waals surface area (Å²) in [6.07, 6.45) is 2.00. The molecule has 0 aliphatic carbocycles. The molecule has 5 heteroatoms. The van der Waals surface area contributed by atoms with Gasteiger partial charge in [0.2, 0.25) is 0 Å². The maximum atomic E-state index is 5.51. The average molecular weight is 282 g/mol. The minimum absolute atomic E-state index is 0.341. The highest BCUT2D eigenvalue weighted by Crippen LogP contribution is 2.34. The highest BCUT2D eigenvalue weighted by atomic mass is 33.1. The molecule has 0 bridgehead atoms. The van der Waals surface area contributed by atoms with Crippen molar-refractivity contribution in [2.75, 3.05) is 31.2 Å². The first-order valence-electron chi connectivity index (χ1n) is 6.37. The Bertz CT molecular complexity index is 400. The standard InChI is InChI=1S/C13H18N2OS2/c1-9(18-17)13-3-2-12(4-14-13)15-5-10-7-16-8-11(10)6-15/h2-4,9-11,17H,5-8H2,1H3. The van der Waals surface area contributed by atoms with Crippen LogP contribution in [-0.4, -0.2) is 31.3 Å². The summed E-state index contributed by atoms with van der Waals surface area (Å²) in [5, 5.41) is 0.341. The molecule has 18 heavy (non-hydrogen) atoms. The van der Waals surface area contributed by atoms with Crippen LogP contribution in [0.1, 0.15) is 17.9 Å². The second kappa shape index (κ2) is 5.31. The summed E-state index contributed by atoms with van der Waals surface area (Å²) in [7, 11) is 1.53. The van der Waals surface area contributed by atoms with Crippen LogP contribution in [0.15, 0.2) is 18.3 Å². The summed E-state index contributed by atoms with van der Waals surface area (Å²) >= 11 is 4.24. The van der Waals surface area contributed by atoms with Gasteiger partial charge in [-0.05, 0) is 19.1 Å². The fraction of sp³-hybridized carbons (Fsp3) is 0.615. The van der Waals surface area contributed by atoms with Crippen molar-refractivity contribution in [1.29, 1.82) is 0 Å². The summed E-state index contributed by atoms with van der Waals surface area (Å²) in [4.78, 5) is 6.98. The maximum Gasteiger partial charge on any atom is 0.0553 e. The van der Waals surface area contributed by atoms with Crippen molar-refractivity contribution in [2.24, 2.45) is 11.8 Å². The molecule has 2 fully saturated rings. The van der Waals surface area contributed by atoms with Crippen LogP contribution < -0.4 is 4.90 Å². The normalized spacial score (nSPS) is 28.4. The van der Waals surface area contributed by atoms with Crippen LogP contribution in [0.3, 0.4) is 0 Å². The highest BCUT2D eigenvalue weighted by molar-refractivity contribution is 8.68. The van der Waals surface area contributed by atoms with E-state index in [4.69, 9.17) is 4.74 Å². The molecule has 0 aromatic carbocycles. The summed E-state index contributed by atoms with van der Waals surface area (Å²) in [5.74, 6) is 1.44. The summed E-state index contributed by atoms with van der Waals surface area (Å²) < 4.78 is 5.51. The Labute approximate surface area is 117 Å². The monoisotopic (exact) mass is 282 g/mol. The molecule has 0 saturated carbocycles. The van der Waals surface area contributed by atoms with Crippen LogP contribution in [0.5, 0.6) is 0 Å². The lowest BCUT2D eigenvalue weighted by molar-refractivity contribution is 0.177. The Hall–Kier alpha value is -0.390. The van der Waals surface area contributed by atoms with Gasteiger partial charge in [-0.15, -0.1) is 11.7 Å². The molecule has 1 aromatic heterocycles. The maximum absolute atomic E-state index is 5.51. The number of ether oxygens (including phenoxy) is 1. The smallest absolute Gasteiger partial charge is 0.0553 e. The van der Waals surface area contributed by atoms with Crippen molar-refractivity contribution in [3.8, 4) is 0 Å². The van der Waals surface area contributed by atoms with Crippen LogP contribution in [-0.2, 0) is 4.74 Å². The van der Waals surface area contributed by atoms with E-state index in [-0.39, 0.29) is 0 Å². The van der Waals surface area contributed by atoms with Crippen molar-refractivity contribution in [2.45, 2.75) is 12.2 Å². The minimum atomic E-state index is 0.341. The molecule has 3 heterocycles. The number of fused-ring (bicyclic) bond motifs is 1. The number of hydrogen-bond donors (Lipinski definition) is 1. The van der Waals surface area contributed by atoms with Gasteiger partial charge < -0.3 is 9.64 Å². The van der Waals surface area contributed by atoms with Crippen LogP contribution in [0, 0.1) is 11.8 Å². The molecule has 2 aliphatic rings. The molecule has 0 N–H and O–H groups in total. The van der Waals surface area contributed by atoms with E-state index in [9.17, 15) is 0 Å². The summed E-state index contributed by atoms with van der Waals surface area (Å²) in [6.45, 7) is 6.21. The van der Waals surface area contributed by atoms with Gasteiger partial charge in [-0.3, -0.25) is 4.98 Å². The molecule has 1 aromatic rings. The van der Waals surface area contributed by atoms with Gasteiger partial charge >= 0.3 is 0 Å². The lowest BCUT2D eigenvalue weighted by Crippen LogP contribution is -2.22. The molecular weight excluding hydrogens is 264 g/mol. The first kappa shape index (κ1) is 12.6. The zero-order valence-corrected chi connectivity index (χ0v) is 12.2. The van der Waals surface area contributed by atoms with E-state index in [0.717, 1.165) is 43.8 Å². The Morgan fingerprint density at radius 2 is 2.11 bits per heavy atom. The number of pyridine rings is 1. The number of anilines is 1. The molecule has 3 atom stereocenters. The number of hydrogen-bond acceptors (Lipinski definition) is 5. The van der Waals surface area contributed by atoms with Crippen LogP contribution in [0.2, 0.25) is 0 Å². The van der Waals surface area contributed by atoms with E-state index < -0.39 is 0 Å². The van der Waals surface area contributed by atoms with E-state index in [1.807, 2.05) is 6.20 Å². The van der Waals surface area contributed by atoms with Crippen LogP contribution >= 0.6 is 22.5 Å². The molecule has 2 saturated heterocycles. The SMILES string of the molecule is CC(SS)c1ccc(N2CC3COCC3C2)cn1. The number of thiol groups is 1. The van der Waals surface area contributed by atoms with E-state index in [1.165, 1.54) is 16.5 Å². The van der Waals surface area contributed by atoms with Gasteiger partial charge in [0.05, 0.1) is 36.0 Å². The van der Waals surface area contributed by atoms with E-state index in [0.29, 0.717) is 5.25 Å². The topological polar surface area (TPSA) is 25.4 Å². The molecule has 2 aliphatic heterocycles. The Morgan fingerprint density at radius 3 is 2.67 bits per heavy atom. The van der Waals surface area contributed by atoms with Crippen LogP contribution in [0.25, 0.3) is 0 Å². The molecule has 3 nitrogen and oxygen atoms in total. The van der Waals surface area contributed by atoms with Crippen molar-refractivity contribution in [3.05, 3.63) is 24.0 Å². The first-order valence-corrected chi connectivity index (χ1v) is 8.30. The number of rotatable bonds is 3. The Morgan fingerprint density at radius 1 is 1.39 bits per heavy atom. The van der Waals surface area contributed by atoms with E-state index in [1.54, 1.807) is 0 Å². The zero-order chi connectivity index (χ0) is 12.5. The lowest BCUT2D eigenvalue weighted by Gasteiger charge is -2.19. The molecular formula is C13H18N2OS2. The molecule has 3 unspecified atom stereocenters.